The summed E-state index contributed by atoms with van der Waals surface area (Å²) in [5, 5.41) is 8.75. The highest BCUT2D eigenvalue weighted by Gasteiger charge is 2.16. The first-order valence-electron chi connectivity index (χ1n) is 5.68. The van der Waals surface area contributed by atoms with Crippen LogP contribution in [0.4, 0.5) is 14.5 Å². The smallest absolute Gasteiger partial charge is 0.182 e. The minimum atomic E-state index is -0.882. The molecule has 1 aromatic carbocycles. The third-order valence-corrected chi connectivity index (χ3v) is 2.67. The Balaban J connectivity index is 3.00. The molecule has 0 unspecified atom stereocenters. The summed E-state index contributed by atoms with van der Waals surface area (Å²) in [4.78, 5) is 1.69. The third kappa shape index (κ3) is 3.14. The summed E-state index contributed by atoms with van der Waals surface area (Å²) < 4.78 is 27.3. The molecule has 0 aromatic heterocycles. The quantitative estimate of drug-likeness (QED) is 0.799. The molecular formula is C12H18F2N2O. The summed E-state index contributed by atoms with van der Waals surface area (Å²) in [6, 6.07) is 3.02. The van der Waals surface area contributed by atoms with Gasteiger partial charge in [0, 0.05) is 31.8 Å². The molecule has 0 radical (unpaired) electrons. The SMILES string of the molecule is CCN(CCCO)c1ccc(CN)c(F)c1F. The highest BCUT2D eigenvalue weighted by molar-refractivity contribution is 5.49. The lowest BCUT2D eigenvalue weighted by atomic mass is 10.1. The van der Waals surface area contributed by atoms with Crippen LogP contribution in [0.25, 0.3) is 0 Å². The standard InChI is InChI=1S/C12H18F2N2O/c1-2-16(6-3-7-17)10-5-4-9(8-15)11(13)12(10)14/h4-5,17H,2-3,6-8,15H2,1H3. The van der Waals surface area contributed by atoms with E-state index in [9.17, 15) is 8.78 Å². The lowest BCUT2D eigenvalue weighted by Gasteiger charge is -2.23. The van der Waals surface area contributed by atoms with Crippen LogP contribution in [0.5, 0.6) is 0 Å². The van der Waals surface area contributed by atoms with Crippen molar-refractivity contribution in [2.75, 3.05) is 24.6 Å². The van der Waals surface area contributed by atoms with E-state index in [1.807, 2.05) is 6.92 Å². The Kier molecular flexibility index (Phi) is 5.31. The number of hydrogen-bond acceptors (Lipinski definition) is 3. The first kappa shape index (κ1) is 13.9. The van der Waals surface area contributed by atoms with Gasteiger partial charge in [0.25, 0.3) is 0 Å². The van der Waals surface area contributed by atoms with E-state index in [1.165, 1.54) is 12.1 Å². The highest BCUT2D eigenvalue weighted by atomic mass is 19.2. The van der Waals surface area contributed by atoms with Gasteiger partial charge in [0.15, 0.2) is 11.6 Å². The van der Waals surface area contributed by atoms with Crippen molar-refractivity contribution in [1.29, 1.82) is 0 Å². The predicted octanol–water partition coefficient (Wildman–Crippen LogP) is 1.63. The molecule has 1 aromatic rings. The second-order valence-electron chi connectivity index (χ2n) is 3.73. The van der Waals surface area contributed by atoms with Gasteiger partial charge in [0.2, 0.25) is 0 Å². The average molecular weight is 244 g/mol. The number of aliphatic hydroxyl groups is 1. The van der Waals surface area contributed by atoms with Crippen LogP contribution in [-0.4, -0.2) is 24.8 Å². The first-order valence-corrected chi connectivity index (χ1v) is 5.68. The van der Waals surface area contributed by atoms with Gasteiger partial charge in [-0.3, -0.25) is 0 Å². The van der Waals surface area contributed by atoms with E-state index in [2.05, 4.69) is 0 Å². The molecule has 0 bridgehead atoms. The molecule has 0 atom stereocenters. The Hall–Kier alpha value is -1.20. The van der Waals surface area contributed by atoms with Crippen molar-refractivity contribution in [3.05, 3.63) is 29.3 Å². The van der Waals surface area contributed by atoms with E-state index in [-0.39, 0.29) is 24.4 Å². The maximum atomic E-state index is 13.8. The van der Waals surface area contributed by atoms with Gasteiger partial charge in [-0.1, -0.05) is 6.07 Å². The zero-order valence-corrected chi connectivity index (χ0v) is 9.92. The Morgan fingerprint density at radius 1 is 1.29 bits per heavy atom. The zero-order chi connectivity index (χ0) is 12.8. The normalized spacial score (nSPS) is 10.6. The number of nitrogens with two attached hydrogens (primary N) is 1. The van der Waals surface area contributed by atoms with Crippen LogP contribution in [0, 0.1) is 11.6 Å². The van der Waals surface area contributed by atoms with Crippen molar-refractivity contribution in [2.24, 2.45) is 5.73 Å². The molecule has 0 aliphatic rings. The van der Waals surface area contributed by atoms with E-state index in [4.69, 9.17) is 10.8 Å². The van der Waals surface area contributed by atoms with Gasteiger partial charge in [-0.2, -0.15) is 0 Å². The van der Waals surface area contributed by atoms with Gasteiger partial charge in [-0.05, 0) is 19.4 Å². The van der Waals surface area contributed by atoms with E-state index in [0.717, 1.165) is 0 Å². The molecule has 3 N–H and O–H groups in total. The van der Waals surface area contributed by atoms with Gasteiger partial charge < -0.3 is 15.7 Å². The number of anilines is 1. The number of aliphatic hydroxyl groups excluding tert-OH is 1. The molecule has 5 heteroatoms. The van der Waals surface area contributed by atoms with Crippen molar-refractivity contribution < 1.29 is 13.9 Å². The van der Waals surface area contributed by atoms with Crippen molar-refractivity contribution >= 4 is 5.69 Å². The summed E-state index contributed by atoms with van der Waals surface area (Å²) >= 11 is 0. The van der Waals surface area contributed by atoms with Crippen molar-refractivity contribution in [3.63, 3.8) is 0 Å². The molecule has 0 fully saturated rings. The van der Waals surface area contributed by atoms with Crippen molar-refractivity contribution in [2.45, 2.75) is 19.9 Å². The van der Waals surface area contributed by atoms with Crippen LogP contribution in [0.1, 0.15) is 18.9 Å². The Labute approximate surface area is 99.8 Å². The molecule has 0 aliphatic carbocycles. The number of nitrogens with zero attached hydrogens (tertiary/aromatic N) is 1. The van der Waals surface area contributed by atoms with Crippen LogP contribution < -0.4 is 10.6 Å². The summed E-state index contributed by atoms with van der Waals surface area (Å²) in [6.45, 7) is 2.91. The summed E-state index contributed by atoms with van der Waals surface area (Å²) in [5.41, 5.74) is 5.69. The van der Waals surface area contributed by atoms with Crippen molar-refractivity contribution in [1.82, 2.24) is 0 Å². The average Bonchev–Trinajstić information content (AvgIpc) is 2.35. The van der Waals surface area contributed by atoms with Crippen LogP contribution in [-0.2, 0) is 6.54 Å². The summed E-state index contributed by atoms with van der Waals surface area (Å²) in [6.07, 6.45) is 0.521. The number of halogens is 2. The molecule has 0 spiro atoms. The minimum absolute atomic E-state index is 0.0220. The largest absolute Gasteiger partial charge is 0.396 e. The monoisotopic (exact) mass is 244 g/mol. The number of hydrogen-bond donors (Lipinski definition) is 2. The maximum absolute atomic E-state index is 13.8. The fourth-order valence-electron chi connectivity index (χ4n) is 1.69. The van der Waals surface area contributed by atoms with E-state index in [1.54, 1.807) is 4.90 Å². The second-order valence-corrected chi connectivity index (χ2v) is 3.73. The van der Waals surface area contributed by atoms with Crippen LogP contribution in [0.2, 0.25) is 0 Å². The first-order chi connectivity index (χ1) is 8.15. The summed E-state index contributed by atoms with van der Waals surface area (Å²) in [7, 11) is 0. The van der Waals surface area contributed by atoms with Crippen LogP contribution >= 0.6 is 0 Å². The fraction of sp³-hybridized carbons (Fsp3) is 0.500. The molecule has 17 heavy (non-hydrogen) atoms. The Bertz CT molecular complexity index is 372. The molecule has 0 saturated heterocycles. The molecule has 0 amide bonds. The topological polar surface area (TPSA) is 49.5 Å². The molecule has 0 heterocycles. The van der Waals surface area contributed by atoms with Gasteiger partial charge in [-0.25, -0.2) is 8.78 Å². The minimum Gasteiger partial charge on any atom is -0.396 e. The Morgan fingerprint density at radius 2 is 2.00 bits per heavy atom. The molecule has 3 nitrogen and oxygen atoms in total. The molecule has 0 aliphatic heterocycles. The maximum Gasteiger partial charge on any atom is 0.182 e. The van der Waals surface area contributed by atoms with Crippen LogP contribution in [0.15, 0.2) is 12.1 Å². The number of rotatable bonds is 6. The zero-order valence-electron chi connectivity index (χ0n) is 9.92. The van der Waals surface area contributed by atoms with Gasteiger partial charge in [0.1, 0.15) is 0 Å². The van der Waals surface area contributed by atoms with Gasteiger partial charge >= 0.3 is 0 Å². The summed E-state index contributed by atoms with van der Waals surface area (Å²) in [5.74, 6) is -1.75. The molecule has 1 rings (SSSR count). The molecular weight excluding hydrogens is 226 g/mol. The van der Waals surface area contributed by atoms with Crippen molar-refractivity contribution in [3.8, 4) is 0 Å². The van der Waals surface area contributed by atoms with E-state index in [0.29, 0.717) is 19.5 Å². The molecule has 96 valence electrons. The Morgan fingerprint density at radius 3 is 2.53 bits per heavy atom. The van der Waals surface area contributed by atoms with Crippen LogP contribution in [0.3, 0.4) is 0 Å². The number of benzene rings is 1. The lowest BCUT2D eigenvalue weighted by Crippen LogP contribution is -2.26. The van der Waals surface area contributed by atoms with E-state index >= 15 is 0 Å². The van der Waals surface area contributed by atoms with E-state index < -0.39 is 11.6 Å². The molecule has 0 saturated carbocycles. The third-order valence-electron chi connectivity index (χ3n) is 2.67. The fourth-order valence-corrected chi connectivity index (χ4v) is 1.69. The predicted molar refractivity (Wildman–Crippen MR) is 63.8 cm³/mol. The lowest BCUT2D eigenvalue weighted by molar-refractivity contribution is 0.289. The highest BCUT2D eigenvalue weighted by Crippen LogP contribution is 2.24. The second kappa shape index (κ2) is 6.51. The van der Waals surface area contributed by atoms with Gasteiger partial charge in [-0.15, -0.1) is 0 Å². The van der Waals surface area contributed by atoms with Gasteiger partial charge in [0.05, 0.1) is 5.69 Å².